The summed E-state index contributed by atoms with van der Waals surface area (Å²) in [6.45, 7) is 3.85. The van der Waals surface area contributed by atoms with Crippen LogP contribution in [0.5, 0.6) is 0 Å². The maximum Gasteiger partial charge on any atom is 0.241 e. The second-order valence-corrected chi connectivity index (χ2v) is 4.35. The third kappa shape index (κ3) is 4.11. The Morgan fingerprint density at radius 1 is 1.41 bits per heavy atom. The Hall–Kier alpha value is -1.49. The fourth-order valence-corrected chi connectivity index (χ4v) is 1.43. The van der Waals surface area contributed by atoms with E-state index in [2.05, 4.69) is 5.32 Å². The minimum absolute atomic E-state index is 0.186. The molecule has 0 aliphatic carbocycles. The fraction of sp³-hybridized carbons (Fsp3) is 0.417. The zero-order valence-corrected chi connectivity index (χ0v) is 9.84. The summed E-state index contributed by atoms with van der Waals surface area (Å²) in [6, 6.07) is 2.14. The molecule has 0 saturated carbocycles. The summed E-state index contributed by atoms with van der Waals surface area (Å²) in [4.78, 5) is 11.6. The van der Waals surface area contributed by atoms with Crippen LogP contribution in [0.1, 0.15) is 20.3 Å². The van der Waals surface area contributed by atoms with Gasteiger partial charge in [0.25, 0.3) is 0 Å². The molecule has 0 aliphatic heterocycles. The van der Waals surface area contributed by atoms with Gasteiger partial charge >= 0.3 is 0 Å². The van der Waals surface area contributed by atoms with Crippen molar-refractivity contribution in [1.29, 1.82) is 0 Å². The number of anilines is 1. The van der Waals surface area contributed by atoms with Crippen LogP contribution < -0.4 is 11.1 Å². The van der Waals surface area contributed by atoms with E-state index in [0.29, 0.717) is 6.42 Å². The predicted molar refractivity (Wildman–Crippen MR) is 62.4 cm³/mol. The molecule has 3 nitrogen and oxygen atoms in total. The highest BCUT2D eigenvalue weighted by Crippen LogP contribution is 2.16. The lowest BCUT2D eigenvalue weighted by atomic mass is 10.0. The summed E-state index contributed by atoms with van der Waals surface area (Å²) < 4.78 is 26.1. The third-order valence-electron chi connectivity index (χ3n) is 2.25. The van der Waals surface area contributed by atoms with Crippen LogP contribution in [0.4, 0.5) is 14.5 Å². The van der Waals surface area contributed by atoms with Crippen molar-refractivity contribution in [2.45, 2.75) is 26.3 Å². The number of hydrogen-bond acceptors (Lipinski definition) is 2. The van der Waals surface area contributed by atoms with E-state index < -0.39 is 23.6 Å². The molecule has 17 heavy (non-hydrogen) atoms. The Kier molecular flexibility index (Phi) is 4.57. The number of carbonyl (C=O) groups is 1. The first-order valence-corrected chi connectivity index (χ1v) is 5.41. The Labute approximate surface area is 99.0 Å². The van der Waals surface area contributed by atoms with Gasteiger partial charge in [0, 0.05) is 6.07 Å². The lowest BCUT2D eigenvalue weighted by Gasteiger charge is -2.14. The molecule has 1 amide bonds. The van der Waals surface area contributed by atoms with Gasteiger partial charge in [0.1, 0.15) is 11.6 Å². The summed E-state index contributed by atoms with van der Waals surface area (Å²) in [5.41, 5.74) is 5.44. The normalized spacial score (nSPS) is 12.6. The molecule has 1 aromatic rings. The first-order chi connectivity index (χ1) is 7.90. The molecule has 5 heteroatoms. The van der Waals surface area contributed by atoms with Crippen molar-refractivity contribution in [3.63, 3.8) is 0 Å². The topological polar surface area (TPSA) is 55.1 Å². The number of nitrogens with one attached hydrogen (secondary N) is 1. The Morgan fingerprint density at radius 3 is 2.65 bits per heavy atom. The zero-order chi connectivity index (χ0) is 13.0. The van der Waals surface area contributed by atoms with E-state index in [0.717, 1.165) is 18.2 Å². The van der Waals surface area contributed by atoms with Gasteiger partial charge in [-0.3, -0.25) is 4.79 Å². The van der Waals surface area contributed by atoms with Crippen LogP contribution in [-0.2, 0) is 4.79 Å². The summed E-state index contributed by atoms with van der Waals surface area (Å²) in [5.74, 6) is -1.55. The minimum Gasteiger partial charge on any atom is -0.322 e. The molecule has 1 aromatic carbocycles. The number of rotatable bonds is 4. The van der Waals surface area contributed by atoms with Crippen LogP contribution in [0.3, 0.4) is 0 Å². The lowest BCUT2D eigenvalue weighted by molar-refractivity contribution is -0.117. The van der Waals surface area contributed by atoms with E-state index in [-0.39, 0.29) is 11.6 Å². The average Bonchev–Trinajstić information content (AvgIpc) is 2.22. The van der Waals surface area contributed by atoms with Crippen LogP contribution >= 0.6 is 0 Å². The Bertz CT molecular complexity index is 407. The number of halogens is 2. The Morgan fingerprint density at radius 2 is 2.06 bits per heavy atom. The molecule has 1 rings (SSSR count). The third-order valence-corrected chi connectivity index (χ3v) is 2.25. The van der Waals surface area contributed by atoms with Crippen molar-refractivity contribution >= 4 is 11.6 Å². The van der Waals surface area contributed by atoms with Gasteiger partial charge in [-0.05, 0) is 24.5 Å². The van der Waals surface area contributed by atoms with Crippen molar-refractivity contribution in [2.24, 2.45) is 11.7 Å². The van der Waals surface area contributed by atoms with Gasteiger partial charge in [0.2, 0.25) is 5.91 Å². The molecule has 0 aliphatic rings. The quantitative estimate of drug-likeness (QED) is 0.851. The highest BCUT2D eigenvalue weighted by Gasteiger charge is 2.16. The zero-order valence-electron chi connectivity index (χ0n) is 9.84. The molecular weight excluding hydrogens is 226 g/mol. The van der Waals surface area contributed by atoms with E-state index in [4.69, 9.17) is 5.73 Å². The van der Waals surface area contributed by atoms with Gasteiger partial charge < -0.3 is 11.1 Å². The van der Waals surface area contributed by atoms with E-state index >= 15 is 0 Å². The maximum atomic E-state index is 13.2. The van der Waals surface area contributed by atoms with Gasteiger partial charge in [0.05, 0.1) is 11.7 Å². The molecule has 3 N–H and O–H groups in total. The van der Waals surface area contributed by atoms with Gasteiger partial charge in [-0.1, -0.05) is 13.8 Å². The number of hydrogen-bond donors (Lipinski definition) is 2. The minimum atomic E-state index is -0.724. The standard InChI is InChI=1S/C12H16F2N2O/c1-7(2)5-10(15)12(17)16-11-6-8(13)3-4-9(11)14/h3-4,6-7,10H,5,15H2,1-2H3,(H,16,17)/t10-/m0/s1. The molecule has 94 valence electrons. The van der Waals surface area contributed by atoms with Crippen molar-refractivity contribution in [3.8, 4) is 0 Å². The highest BCUT2D eigenvalue weighted by atomic mass is 19.1. The van der Waals surface area contributed by atoms with Crippen molar-refractivity contribution < 1.29 is 13.6 Å². The van der Waals surface area contributed by atoms with Crippen LogP contribution in [0.2, 0.25) is 0 Å². The van der Waals surface area contributed by atoms with Gasteiger partial charge in [-0.2, -0.15) is 0 Å². The second-order valence-electron chi connectivity index (χ2n) is 4.35. The first kappa shape index (κ1) is 13.6. The summed E-state index contributed by atoms with van der Waals surface area (Å²) >= 11 is 0. The fourth-order valence-electron chi connectivity index (χ4n) is 1.43. The summed E-state index contributed by atoms with van der Waals surface area (Å²) in [7, 11) is 0. The molecular formula is C12H16F2N2O. The van der Waals surface area contributed by atoms with E-state index in [9.17, 15) is 13.6 Å². The van der Waals surface area contributed by atoms with Gasteiger partial charge in [-0.25, -0.2) is 8.78 Å². The summed E-state index contributed by atoms with van der Waals surface area (Å²) in [6.07, 6.45) is 0.489. The van der Waals surface area contributed by atoms with Gasteiger partial charge in [0.15, 0.2) is 0 Å². The molecule has 0 saturated heterocycles. The number of benzene rings is 1. The van der Waals surface area contributed by atoms with Crippen LogP contribution in [0.25, 0.3) is 0 Å². The predicted octanol–water partition coefficient (Wildman–Crippen LogP) is 2.28. The van der Waals surface area contributed by atoms with Gasteiger partial charge in [-0.15, -0.1) is 0 Å². The number of amides is 1. The van der Waals surface area contributed by atoms with Crippen LogP contribution in [0.15, 0.2) is 18.2 Å². The highest BCUT2D eigenvalue weighted by molar-refractivity contribution is 5.94. The van der Waals surface area contributed by atoms with E-state index in [1.165, 1.54) is 0 Å². The van der Waals surface area contributed by atoms with Crippen LogP contribution in [-0.4, -0.2) is 11.9 Å². The lowest BCUT2D eigenvalue weighted by Crippen LogP contribution is -2.36. The van der Waals surface area contributed by atoms with Crippen molar-refractivity contribution in [2.75, 3.05) is 5.32 Å². The first-order valence-electron chi connectivity index (χ1n) is 5.41. The van der Waals surface area contributed by atoms with E-state index in [1.807, 2.05) is 13.8 Å². The maximum absolute atomic E-state index is 13.2. The molecule has 0 bridgehead atoms. The van der Waals surface area contributed by atoms with Crippen LogP contribution in [0, 0.1) is 17.6 Å². The molecule has 0 unspecified atom stereocenters. The van der Waals surface area contributed by atoms with E-state index in [1.54, 1.807) is 0 Å². The average molecular weight is 242 g/mol. The smallest absolute Gasteiger partial charge is 0.241 e. The molecule has 1 atom stereocenters. The Balaban J connectivity index is 2.70. The molecule has 0 radical (unpaired) electrons. The number of carbonyl (C=O) groups excluding carboxylic acids is 1. The largest absolute Gasteiger partial charge is 0.322 e. The number of nitrogens with two attached hydrogens (primary N) is 1. The van der Waals surface area contributed by atoms with Crippen molar-refractivity contribution in [1.82, 2.24) is 0 Å². The second kappa shape index (κ2) is 5.72. The molecule has 0 heterocycles. The van der Waals surface area contributed by atoms with Crippen molar-refractivity contribution in [3.05, 3.63) is 29.8 Å². The molecule has 0 spiro atoms. The monoisotopic (exact) mass is 242 g/mol. The SMILES string of the molecule is CC(C)C[C@H](N)C(=O)Nc1cc(F)ccc1F. The molecule has 0 aromatic heterocycles. The molecule has 0 fully saturated rings. The summed E-state index contributed by atoms with van der Waals surface area (Å²) in [5, 5.41) is 2.28.